The third-order valence-corrected chi connectivity index (χ3v) is 4.33. The van der Waals surface area contributed by atoms with Crippen LogP contribution < -0.4 is 5.32 Å². The van der Waals surface area contributed by atoms with Crippen molar-refractivity contribution < 1.29 is 18.0 Å². The Morgan fingerprint density at radius 1 is 1.14 bits per heavy atom. The Hall–Kier alpha value is -3.23. The van der Waals surface area contributed by atoms with E-state index in [4.69, 9.17) is 0 Å². The first-order chi connectivity index (χ1) is 13.3. The fourth-order valence-electron chi connectivity index (χ4n) is 2.83. The Balaban J connectivity index is 1.78. The summed E-state index contributed by atoms with van der Waals surface area (Å²) < 4.78 is 40.1. The van der Waals surface area contributed by atoms with Gasteiger partial charge in [0, 0.05) is 6.42 Å². The van der Waals surface area contributed by atoms with Gasteiger partial charge in [-0.15, -0.1) is 5.10 Å². The van der Waals surface area contributed by atoms with E-state index in [2.05, 4.69) is 20.8 Å². The highest BCUT2D eigenvalue weighted by Crippen LogP contribution is 2.30. The number of aromatic nitrogens is 4. The highest BCUT2D eigenvalue weighted by molar-refractivity contribution is 5.81. The molecule has 3 aromatic rings. The van der Waals surface area contributed by atoms with Crippen molar-refractivity contribution in [1.82, 2.24) is 25.5 Å². The van der Waals surface area contributed by atoms with Gasteiger partial charge in [0.05, 0.1) is 11.6 Å². The van der Waals surface area contributed by atoms with Crippen LogP contribution in [0.1, 0.15) is 35.7 Å². The van der Waals surface area contributed by atoms with Crippen LogP contribution in [-0.2, 0) is 17.4 Å². The zero-order valence-electron chi connectivity index (χ0n) is 15.0. The Bertz CT molecular complexity index is 913. The molecule has 9 heteroatoms. The summed E-state index contributed by atoms with van der Waals surface area (Å²) in [5, 5.41) is 13.7. The van der Waals surface area contributed by atoms with Crippen molar-refractivity contribution in [3.05, 3.63) is 77.6 Å². The number of alkyl halides is 3. The first-order valence-electron chi connectivity index (χ1n) is 8.58. The van der Waals surface area contributed by atoms with Gasteiger partial charge in [0.25, 0.3) is 0 Å². The number of hydrogen-bond donors (Lipinski definition) is 1. The molecule has 0 radical (unpaired) electrons. The standard InChI is InChI=1S/C19H18F3N5O/c1-13(15-8-5-9-16(11-15)19(20,21)22)24-18(28)17(27-12-23-25-26-27)10-14-6-3-2-4-7-14/h2-9,11-13,17H,10H2,1H3,(H,24,28). The fourth-order valence-corrected chi connectivity index (χ4v) is 2.83. The van der Waals surface area contributed by atoms with Gasteiger partial charge >= 0.3 is 6.18 Å². The van der Waals surface area contributed by atoms with Gasteiger partial charge in [0.1, 0.15) is 12.4 Å². The molecule has 2 atom stereocenters. The van der Waals surface area contributed by atoms with Crippen LogP contribution >= 0.6 is 0 Å². The van der Waals surface area contributed by atoms with Crippen LogP contribution in [0.15, 0.2) is 60.9 Å². The molecule has 0 spiro atoms. The second-order valence-electron chi connectivity index (χ2n) is 6.35. The van der Waals surface area contributed by atoms with Gasteiger partial charge in [-0.25, -0.2) is 4.68 Å². The molecule has 0 saturated heterocycles. The largest absolute Gasteiger partial charge is 0.416 e. The molecular formula is C19H18F3N5O. The second-order valence-corrected chi connectivity index (χ2v) is 6.35. The van der Waals surface area contributed by atoms with Gasteiger partial charge in [-0.3, -0.25) is 4.79 Å². The molecule has 1 N–H and O–H groups in total. The minimum atomic E-state index is -4.44. The minimum absolute atomic E-state index is 0.340. The summed E-state index contributed by atoms with van der Waals surface area (Å²) in [5.74, 6) is -0.388. The van der Waals surface area contributed by atoms with Gasteiger partial charge in [-0.05, 0) is 40.6 Å². The van der Waals surface area contributed by atoms with Crippen LogP contribution in [0.4, 0.5) is 13.2 Å². The number of nitrogens with zero attached hydrogens (tertiary/aromatic N) is 4. The van der Waals surface area contributed by atoms with E-state index in [1.165, 1.54) is 17.1 Å². The van der Waals surface area contributed by atoms with Crippen LogP contribution in [0.3, 0.4) is 0 Å². The highest BCUT2D eigenvalue weighted by Gasteiger charge is 2.31. The first-order valence-corrected chi connectivity index (χ1v) is 8.58. The zero-order valence-corrected chi connectivity index (χ0v) is 15.0. The number of halogens is 3. The number of benzene rings is 2. The summed E-state index contributed by atoms with van der Waals surface area (Å²) in [7, 11) is 0. The number of amides is 1. The lowest BCUT2D eigenvalue weighted by atomic mass is 10.0. The maximum atomic E-state index is 12.9. The highest BCUT2D eigenvalue weighted by atomic mass is 19.4. The minimum Gasteiger partial charge on any atom is -0.348 e. The van der Waals surface area contributed by atoms with Crippen molar-refractivity contribution in [3.63, 3.8) is 0 Å². The lowest BCUT2D eigenvalue weighted by Gasteiger charge is -2.21. The van der Waals surface area contributed by atoms with Crippen LogP contribution in [0.5, 0.6) is 0 Å². The molecule has 3 rings (SSSR count). The summed E-state index contributed by atoms with van der Waals surface area (Å²) in [6.07, 6.45) is -2.77. The lowest BCUT2D eigenvalue weighted by Crippen LogP contribution is -2.36. The van der Waals surface area contributed by atoms with Crippen molar-refractivity contribution in [1.29, 1.82) is 0 Å². The summed E-state index contributed by atoms with van der Waals surface area (Å²) in [4.78, 5) is 12.9. The maximum absolute atomic E-state index is 12.9. The van der Waals surface area contributed by atoms with Crippen molar-refractivity contribution in [2.75, 3.05) is 0 Å². The molecule has 6 nitrogen and oxygen atoms in total. The van der Waals surface area contributed by atoms with E-state index >= 15 is 0 Å². The van der Waals surface area contributed by atoms with Crippen molar-refractivity contribution in [2.45, 2.75) is 31.6 Å². The normalized spacial score (nSPS) is 13.7. The van der Waals surface area contributed by atoms with Crippen LogP contribution in [0.25, 0.3) is 0 Å². The number of nitrogens with one attached hydrogen (secondary N) is 1. The molecule has 2 unspecified atom stereocenters. The van der Waals surface area contributed by atoms with E-state index in [-0.39, 0.29) is 5.91 Å². The number of carbonyl (C=O) groups excluding carboxylic acids is 1. The van der Waals surface area contributed by atoms with E-state index < -0.39 is 23.8 Å². The molecule has 0 aliphatic rings. The van der Waals surface area contributed by atoms with E-state index in [9.17, 15) is 18.0 Å². The molecule has 0 saturated carbocycles. The van der Waals surface area contributed by atoms with E-state index in [0.29, 0.717) is 12.0 Å². The molecule has 146 valence electrons. The van der Waals surface area contributed by atoms with Gasteiger partial charge in [-0.1, -0.05) is 42.5 Å². The van der Waals surface area contributed by atoms with Crippen LogP contribution in [-0.4, -0.2) is 26.1 Å². The van der Waals surface area contributed by atoms with Crippen molar-refractivity contribution in [3.8, 4) is 0 Å². The quantitative estimate of drug-likeness (QED) is 0.702. The Morgan fingerprint density at radius 3 is 2.54 bits per heavy atom. The average molecular weight is 389 g/mol. The van der Waals surface area contributed by atoms with E-state index in [1.807, 2.05) is 30.3 Å². The molecular weight excluding hydrogens is 371 g/mol. The Labute approximate surface area is 159 Å². The molecule has 2 aromatic carbocycles. The van der Waals surface area contributed by atoms with Crippen LogP contribution in [0, 0.1) is 0 Å². The predicted molar refractivity (Wildman–Crippen MR) is 95.0 cm³/mol. The van der Waals surface area contributed by atoms with Crippen molar-refractivity contribution >= 4 is 5.91 Å². The number of tetrazole rings is 1. The van der Waals surface area contributed by atoms with Gasteiger partial charge in [0.15, 0.2) is 0 Å². The molecule has 1 heterocycles. The fraction of sp³-hybridized carbons (Fsp3) is 0.263. The zero-order chi connectivity index (χ0) is 20.1. The first kappa shape index (κ1) is 19.5. The maximum Gasteiger partial charge on any atom is 0.416 e. The third kappa shape index (κ3) is 4.73. The third-order valence-electron chi connectivity index (χ3n) is 4.33. The summed E-state index contributed by atoms with van der Waals surface area (Å²) >= 11 is 0. The average Bonchev–Trinajstić information content (AvgIpc) is 3.20. The number of carbonyl (C=O) groups is 1. The van der Waals surface area contributed by atoms with Gasteiger partial charge < -0.3 is 5.32 Å². The molecule has 0 fully saturated rings. The summed E-state index contributed by atoms with van der Waals surface area (Å²) in [5.41, 5.74) is 0.510. The molecule has 28 heavy (non-hydrogen) atoms. The van der Waals surface area contributed by atoms with E-state index in [0.717, 1.165) is 17.7 Å². The topological polar surface area (TPSA) is 72.7 Å². The van der Waals surface area contributed by atoms with Gasteiger partial charge in [-0.2, -0.15) is 13.2 Å². The SMILES string of the molecule is CC(NC(=O)C(Cc1ccccc1)n1cnnn1)c1cccc(C(F)(F)F)c1. The number of rotatable bonds is 6. The second kappa shape index (κ2) is 8.20. The monoisotopic (exact) mass is 389 g/mol. The molecule has 0 bridgehead atoms. The van der Waals surface area contributed by atoms with Crippen LogP contribution in [0.2, 0.25) is 0 Å². The number of hydrogen-bond acceptors (Lipinski definition) is 4. The smallest absolute Gasteiger partial charge is 0.348 e. The lowest BCUT2D eigenvalue weighted by molar-refractivity contribution is -0.137. The molecule has 1 aromatic heterocycles. The van der Waals surface area contributed by atoms with Crippen molar-refractivity contribution in [2.24, 2.45) is 0 Å². The Kier molecular flexibility index (Phi) is 5.72. The molecule has 0 aliphatic heterocycles. The summed E-state index contributed by atoms with van der Waals surface area (Å²) in [6, 6.07) is 12.9. The Morgan fingerprint density at radius 2 is 1.89 bits per heavy atom. The van der Waals surface area contributed by atoms with E-state index in [1.54, 1.807) is 13.0 Å². The predicted octanol–water partition coefficient (Wildman–Crippen LogP) is 3.35. The molecule has 1 amide bonds. The molecule has 0 aliphatic carbocycles. The summed E-state index contributed by atoms with van der Waals surface area (Å²) in [6.45, 7) is 1.63. The van der Waals surface area contributed by atoms with Gasteiger partial charge in [0.2, 0.25) is 5.91 Å².